The number of nitrogens with zero attached hydrogens (tertiary/aromatic N) is 2. The molecule has 1 aliphatic rings. The van der Waals surface area contributed by atoms with E-state index in [4.69, 9.17) is 18.7 Å². The second-order valence-electron chi connectivity index (χ2n) is 12.4. The Bertz CT molecular complexity index is 1410. The molecule has 1 saturated carbocycles. The fourth-order valence-corrected chi connectivity index (χ4v) is 5.12. The Labute approximate surface area is 265 Å². The largest absolute Gasteiger partial charge is 0.490 e. The zero-order chi connectivity index (χ0) is 32.5. The zero-order valence-electron chi connectivity index (χ0n) is 26.7. The summed E-state index contributed by atoms with van der Waals surface area (Å²) in [6.07, 6.45) is 2.31. The van der Waals surface area contributed by atoms with Gasteiger partial charge < -0.3 is 29.2 Å². The first-order chi connectivity index (χ1) is 21.5. The summed E-state index contributed by atoms with van der Waals surface area (Å²) in [6.45, 7) is 11.3. The first-order valence-corrected chi connectivity index (χ1v) is 15.5. The van der Waals surface area contributed by atoms with Gasteiger partial charge >= 0.3 is 12.2 Å². The second-order valence-corrected chi connectivity index (χ2v) is 12.4. The summed E-state index contributed by atoms with van der Waals surface area (Å²) in [7, 11) is 0. The minimum atomic E-state index is -1.20. The molecule has 1 aliphatic carbocycles. The third-order valence-electron chi connectivity index (χ3n) is 7.45. The van der Waals surface area contributed by atoms with E-state index >= 15 is 0 Å². The van der Waals surface area contributed by atoms with Crippen LogP contribution in [0.3, 0.4) is 0 Å². The quantitative estimate of drug-likeness (QED) is 0.190. The van der Waals surface area contributed by atoms with Gasteiger partial charge in [-0.1, -0.05) is 73.6 Å². The maximum absolute atomic E-state index is 13.8. The van der Waals surface area contributed by atoms with E-state index in [1.54, 1.807) is 26.8 Å². The molecule has 0 saturated heterocycles. The lowest BCUT2D eigenvalue weighted by Gasteiger charge is -2.34. The summed E-state index contributed by atoms with van der Waals surface area (Å²) in [5, 5.41) is 18.8. The number of aliphatic hydroxyl groups is 1. The molecule has 242 valence electrons. The van der Waals surface area contributed by atoms with Gasteiger partial charge in [-0.25, -0.2) is 9.59 Å². The third-order valence-corrected chi connectivity index (χ3v) is 7.45. The highest BCUT2D eigenvalue weighted by Gasteiger charge is 2.56. The molecule has 1 heterocycles. The van der Waals surface area contributed by atoms with Crippen LogP contribution in [0.15, 0.2) is 77.8 Å². The van der Waals surface area contributed by atoms with Crippen molar-refractivity contribution in [2.75, 3.05) is 13.2 Å². The first kappa shape index (κ1) is 33.6. The predicted octanol–water partition coefficient (Wildman–Crippen LogP) is 6.32. The van der Waals surface area contributed by atoms with Crippen LogP contribution in [0.1, 0.15) is 69.5 Å². The van der Waals surface area contributed by atoms with Gasteiger partial charge in [0.25, 0.3) is 0 Å². The number of rotatable bonds is 15. The normalized spacial score (nSPS) is 15.0. The van der Waals surface area contributed by atoms with Crippen LogP contribution in [0, 0.1) is 0 Å². The molecular weight excluding hydrogens is 574 g/mol. The number of aliphatic hydroxyl groups excluding tert-OH is 1. The molecule has 0 bridgehead atoms. The molecule has 0 aliphatic heterocycles. The smallest absolute Gasteiger partial charge is 0.411 e. The van der Waals surface area contributed by atoms with E-state index in [1.165, 1.54) is 4.90 Å². The Morgan fingerprint density at radius 3 is 2.53 bits per heavy atom. The van der Waals surface area contributed by atoms with E-state index in [-0.39, 0.29) is 19.6 Å². The molecule has 0 spiro atoms. The van der Waals surface area contributed by atoms with E-state index < -0.39 is 35.5 Å². The van der Waals surface area contributed by atoms with Crippen LogP contribution in [0.25, 0.3) is 0 Å². The molecule has 1 fully saturated rings. The second kappa shape index (κ2) is 15.1. The van der Waals surface area contributed by atoms with E-state index in [0.29, 0.717) is 31.0 Å². The number of aromatic nitrogens is 1. The standard InChI is InChI=1S/C35H45N3O7/c1-6-12-27-22-31(45-37-27)35(17-18-35)38(33(41)43-24-25-13-9-8-10-14-25)23-30(39)29(36-32(40)44-34(3,4)5)21-26-15-11-16-28(20-26)42-19-7-2/h7-11,13-16,20,22,29-30,39H,2,6,12,17-19,21,23-24H2,1,3-5H3,(H,36,40)/t29-,30+/m0/s1. The fraction of sp³-hybridized carbons (Fsp3) is 0.457. The van der Waals surface area contributed by atoms with Crippen LogP contribution >= 0.6 is 0 Å². The number of nitrogens with one attached hydrogen (secondary N) is 1. The molecule has 10 heteroatoms. The Hall–Kier alpha value is -4.31. The minimum Gasteiger partial charge on any atom is -0.490 e. The Morgan fingerprint density at radius 1 is 1.13 bits per heavy atom. The summed E-state index contributed by atoms with van der Waals surface area (Å²) in [5.74, 6) is 1.19. The van der Waals surface area contributed by atoms with Crippen molar-refractivity contribution in [1.29, 1.82) is 0 Å². The van der Waals surface area contributed by atoms with Gasteiger partial charge in [-0.15, -0.1) is 0 Å². The van der Waals surface area contributed by atoms with Crippen LogP contribution < -0.4 is 10.1 Å². The Morgan fingerprint density at radius 2 is 1.87 bits per heavy atom. The maximum Gasteiger partial charge on any atom is 0.411 e. The van der Waals surface area contributed by atoms with Crippen LogP contribution in [-0.2, 0) is 34.5 Å². The van der Waals surface area contributed by atoms with Gasteiger partial charge in [-0.2, -0.15) is 0 Å². The van der Waals surface area contributed by atoms with Crippen molar-refractivity contribution >= 4 is 12.2 Å². The molecule has 45 heavy (non-hydrogen) atoms. The summed E-state index contributed by atoms with van der Waals surface area (Å²) < 4.78 is 22.7. The molecule has 10 nitrogen and oxygen atoms in total. The first-order valence-electron chi connectivity index (χ1n) is 15.5. The molecule has 0 radical (unpaired) electrons. The highest BCUT2D eigenvalue weighted by atomic mass is 16.6. The van der Waals surface area contributed by atoms with Crippen molar-refractivity contribution < 1.29 is 33.4 Å². The number of aryl methyl sites for hydroxylation is 1. The van der Waals surface area contributed by atoms with Crippen molar-refractivity contribution in [3.8, 4) is 5.75 Å². The van der Waals surface area contributed by atoms with Gasteiger partial charge in [0.1, 0.15) is 30.1 Å². The van der Waals surface area contributed by atoms with Crippen LogP contribution in [0.2, 0.25) is 0 Å². The highest BCUT2D eigenvalue weighted by molar-refractivity contribution is 5.70. The molecule has 0 unspecified atom stereocenters. The van der Waals surface area contributed by atoms with Crippen molar-refractivity contribution in [1.82, 2.24) is 15.4 Å². The van der Waals surface area contributed by atoms with E-state index in [0.717, 1.165) is 29.7 Å². The number of hydrogen-bond acceptors (Lipinski definition) is 8. The Balaban J connectivity index is 1.60. The van der Waals surface area contributed by atoms with Crippen molar-refractivity contribution in [3.63, 3.8) is 0 Å². The topological polar surface area (TPSA) is 123 Å². The number of hydrogen-bond donors (Lipinski definition) is 2. The van der Waals surface area contributed by atoms with Gasteiger partial charge in [0, 0.05) is 6.07 Å². The number of amides is 2. The van der Waals surface area contributed by atoms with Crippen LogP contribution in [-0.4, -0.2) is 58.2 Å². The molecule has 2 N–H and O–H groups in total. The van der Waals surface area contributed by atoms with E-state index in [9.17, 15) is 14.7 Å². The van der Waals surface area contributed by atoms with Crippen molar-refractivity contribution in [3.05, 3.63) is 95.9 Å². The Kier molecular flexibility index (Phi) is 11.3. The number of benzene rings is 2. The predicted molar refractivity (Wildman–Crippen MR) is 170 cm³/mol. The molecule has 2 amide bonds. The number of carbonyl (C=O) groups is 2. The van der Waals surface area contributed by atoms with Gasteiger partial charge in [0.15, 0.2) is 5.76 Å². The molecule has 3 aromatic rings. The van der Waals surface area contributed by atoms with Gasteiger partial charge in [0.2, 0.25) is 0 Å². The zero-order valence-corrected chi connectivity index (χ0v) is 26.7. The van der Waals surface area contributed by atoms with Crippen LogP contribution in [0.4, 0.5) is 9.59 Å². The molecule has 2 aromatic carbocycles. The number of ether oxygens (including phenoxy) is 3. The molecular formula is C35H45N3O7. The van der Waals surface area contributed by atoms with Crippen molar-refractivity contribution in [2.45, 2.75) is 89.7 Å². The van der Waals surface area contributed by atoms with Crippen LogP contribution in [0.5, 0.6) is 5.75 Å². The molecule has 2 atom stereocenters. The SMILES string of the molecule is C=CCOc1cccc(C[C@H](NC(=O)OC(C)(C)C)[C@H](O)CN(C(=O)OCc2ccccc2)C2(c3cc(CCC)no3)CC2)c1. The summed E-state index contributed by atoms with van der Waals surface area (Å²) in [6, 6.07) is 17.9. The van der Waals surface area contributed by atoms with Crippen molar-refractivity contribution in [2.24, 2.45) is 0 Å². The van der Waals surface area contributed by atoms with Gasteiger partial charge in [0.05, 0.1) is 24.4 Å². The number of alkyl carbamates (subject to hydrolysis) is 1. The average Bonchev–Trinajstić information content (AvgIpc) is 3.67. The van der Waals surface area contributed by atoms with Gasteiger partial charge in [-0.3, -0.25) is 4.90 Å². The van der Waals surface area contributed by atoms with Gasteiger partial charge in [-0.05, 0) is 69.7 Å². The summed E-state index contributed by atoms with van der Waals surface area (Å²) in [4.78, 5) is 28.2. The lowest BCUT2D eigenvalue weighted by atomic mass is 9.99. The lowest BCUT2D eigenvalue weighted by Crippen LogP contribution is -2.53. The summed E-state index contributed by atoms with van der Waals surface area (Å²) in [5.41, 5.74) is 0.897. The lowest BCUT2D eigenvalue weighted by molar-refractivity contribution is 0.0193. The third kappa shape index (κ3) is 9.59. The maximum atomic E-state index is 13.8. The van der Waals surface area contributed by atoms with E-state index in [1.807, 2.05) is 60.7 Å². The fourth-order valence-electron chi connectivity index (χ4n) is 5.12. The minimum absolute atomic E-state index is 0.0664. The average molecular weight is 620 g/mol. The highest BCUT2D eigenvalue weighted by Crippen LogP contribution is 2.51. The molecule has 4 rings (SSSR count). The van der Waals surface area contributed by atoms with E-state index in [2.05, 4.69) is 24.0 Å². The molecule has 1 aromatic heterocycles. The number of carbonyl (C=O) groups excluding carboxylic acids is 2. The monoisotopic (exact) mass is 619 g/mol. The summed E-state index contributed by atoms with van der Waals surface area (Å²) >= 11 is 0.